The van der Waals surface area contributed by atoms with Crippen LogP contribution in [0.2, 0.25) is 0 Å². The summed E-state index contributed by atoms with van der Waals surface area (Å²) in [7, 11) is -6.20. The first-order chi connectivity index (χ1) is 28.2. The van der Waals surface area contributed by atoms with Gasteiger partial charge in [0.05, 0.1) is 25.2 Å². The minimum atomic E-state index is -4.06. The molecular formula is C46H54N2O8S3. The topological polar surface area (TPSA) is 139 Å². The Morgan fingerprint density at radius 2 is 1.41 bits per heavy atom. The molecule has 5 aromatic rings. The van der Waals surface area contributed by atoms with E-state index in [0.29, 0.717) is 11.1 Å². The maximum atomic E-state index is 13.9. The summed E-state index contributed by atoms with van der Waals surface area (Å²) in [5.74, 6) is 1.41. The third-order valence-electron chi connectivity index (χ3n) is 9.55. The standard InChI is InChI=1S/C24H25NO5S2.C22H29NO3S/c1-30-23-13-7-8-14-24(23)32(28,29)25-16-20-11-5-6-12-21(20)17-31(26,27)18-22(25)15-19-9-3-2-4-10-19;1-22(2,3)26-21(25)23-20(13-17-9-5-4-6-10-17)16-27-15-19-12-8-7-11-18(19)14-24/h2-14,22H,15-18H2,1H3;4-12,20,24H,13-16H2,1-3H3,(H,23,25). The Hall–Kier alpha value is -4.66. The molecule has 1 amide bonds. The molecule has 2 atom stereocenters. The number of para-hydroxylation sites is 1. The maximum absolute atomic E-state index is 13.9. The van der Waals surface area contributed by atoms with Crippen LogP contribution in [-0.4, -0.2) is 68.6 Å². The van der Waals surface area contributed by atoms with Crippen molar-refractivity contribution in [2.45, 2.75) is 80.9 Å². The Balaban J connectivity index is 0.000000228. The van der Waals surface area contributed by atoms with Gasteiger partial charge in [0.2, 0.25) is 10.0 Å². The smallest absolute Gasteiger partial charge is 0.407 e. The number of rotatable bonds is 13. The molecule has 2 N–H and O–H groups in total. The number of aliphatic hydroxyl groups is 1. The SMILES string of the molecule is CC(C)(C)OC(=O)NC(CSCc1ccccc1CO)Cc1ccccc1.COc1ccccc1S(=O)(=O)N1Cc2ccccc2CS(=O)(=O)CC1Cc1ccccc1. The van der Waals surface area contributed by atoms with Crippen molar-refractivity contribution in [2.75, 3.05) is 18.6 Å². The third-order valence-corrected chi connectivity index (χ3v) is 14.3. The Kier molecular flexibility index (Phi) is 16.2. The number of aliphatic hydroxyl groups excluding tert-OH is 1. The number of nitrogens with one attached hydrogen (secondary N) is 1. The van der Waals surface area contributed by atoms with Crippen LogP contribution in [0, 0.1) is 0 Å². The highest BCUT2D eigenvalue weighted by atomic mass is 32.2. The van der Waals surface area contributed by atoms with Crippen LogP contribution in [-0.2, 0) is 62.1 Å². The molecule has 0 spiro atoms. The fourth-order valence-corrected chi connectivity index (χ4v) is 11.5. The number of sulfone groups is 1. The van der Waals surface area contributed by atoms with Crippen LogP contribution in [0.5, 0.6) is 5.75 Å². The van der Waals surface area contributed by atoms with Crippen molar-refractivity contribution < 1.29 is 36.2 Å². The number of sulfonamides is 1. The summed E-state index contributed by atoms with van der Waals surface area (Å²) in [5.41, 5.74) is 4.93. The summed E-state index contributed by atoms with van der Waals surface area (Å²) in [5, 5.41) is 12.5. The highest BCUT2D eigenvalue weighted by Crippen LogP contribution is 2.32. The second-order valence-electron chi connectivity index (χ2n) is 15.3. The quantitative estimate of drug-likeness (QED) is 0.121. The normalized spacial score (nSPS) is 15.9. The molecule has 1 aliphatic heterocycles. The number of fused-ring (bicyclic) bond motifs is 1. The van der Waals surface area contributed by atoms with Gasteiger partial charge in [-0.2, -0.15) is 16.1 Å². The molecule has 0 bridgehead atoms. The van der Waals surface area contributed by atoms with Gasteiger partial charge in [-0.25, -0.2) is 21.6 Å². The number of nitrogens with zero attached hydrogens (tertiary/aromatic N) is 1. The predicted molar refractivity (Wildman–Crippen MR) is 235 cm³/mol. The number of amides is 1. The van der Waals surface area contributed by atoms with Crippen molar-refractivity contribution in [3.8, 4) is 5.75 Å². The molecule has 0 radical (unpaired) electrons. The molecule has 1 heterocycles. The van der Waals surface area contributed by atoms with E-state index in [1.54, 1.807) is 54.2 Å². The Bertz CT molecular complexity index is 2340. The molecule has 13 heteroatoms. The van der Waals surface area contributed by atoms with Crippen molar-refractivity contribution in [1.29, 1.82) is 0 Å². The van der Waals surface area contributed by atoms with E-state index in [4.69, 9.17) is 9.47 Å². The number of carbonyl (C=O) groups excluding carboxylic acids is 1. The number of thioether (sulfide) groups is 1. The zero-order valence-electron chi connectivity index (χ0n) is 34.0. The van der Waals surface area contributed by atoms with Crippen LogP contribution in [0.4, 0.5) is 4.79 Å². The van der Waals surface area contributed by atoms with E-state index in [2.05, 4.69) is 17.4 Å². The summed E-state index contributed by atoms with van der Waals surface area (Å²) in [6.07, 6.45) is 0.644. The molecule has 0 aromatic heterocycles. The van der Waals surface area contributed by atoms with Crippen molar-refractivity contribution in [1.82, 2.24) is 9.62 Å². The number of hydrogen-bond donors (Lipinski definition) is 2. The molecule has 5 aromatic carbocycles. The number of hydrogen-bond acceptors (Lipinski definition) is 9. The van der Waals surface area contributed by atoms with E-state index in [9.17, 15) is 26.7 Å². The fourth-order valence-electron chi connectivity index (χ4n) is 6.80. The second kappa shape index (κ2) is 21.0. The highest BCUT2D eigenvalue weighted by Gasteiger charge is 2.38. The Morgan fingerprint density at radius 3 is 2.05 bits per heavy atom. The minimum Gasteiger partial charge on any atom is -0.495 e. The van der Waals surface area contributed by atoms with Gasteiger partial charge in [0, 0.05) is 30.1 Å². The molecule has 0 saturated heterocycles. The summed E-state index contributed by atoms with van der Waals surface area (Å²) in [6.45, 7) is 5.71. The summed E-state index contributed by atoms with van der Waals surface area (Å²) < 4.78 is 66.0. The van der Waals surface area contributed by atoms with E-state index < -0.39 is 31.5 Å². The first-order valence-electron chi connectivity index (χ1n) is 19.4. The van der Waals surface area contributed by atoms with Gasteiger partial charge in [-0.05, 0) is 79.1 Å². The van der Waals surface area contributed by atoms with Gasteiger partial charge in [-0.15, -0.1) is 0 Å². The first-order valence-corrected chi connectivity index (χ1v) is 23.8. The molecular weight excluding hydrogens is 805 g/mol. The van der Waals surface area contributed by atoms with Crippen molar-refractivity contribution in [3.05, 3.63) is 167 Å². The molecule has 314 valence electrons. The van der Waals surface area contributed by atoms with E-state index in [0.717, 1.165) is 34.6 Å². The van der Waals surface area contributed by atoms with Crippen molar-refractivity contribution in [3.63, 3.8) is 0 Å². The van der Waals surface area contributed by atoms with Crippen LogP contribution >= 0.6 is 11.8 Å². The lowest BCUT2D eigenvalue weighted by molar-refractivity contribution is 0.0509. The summed E-state index contributed by atoms with van der Waals surface area (Å²) >= 11 is 1.74. The zero-order chi connectivity index (χ0) is 42.5. The number of carbonyl (C=O) groups is 1. The third kappa shape index (κ3) is 13.7. The van der Waals surface area contributed by atoms with Gasteiger partial charge in [0.15, 0.2) is 9.84 Å². The lowest BCUT2D eigenvalue weighted by Gasteiger charge is -2.33. The lowest BCUT2D eigenvalue weighted by Crippen LogP contribution is -2.46. The van der Waals surface area contributed by atoms with Crippen LogP contribution < -0.4 is 10.1 Å². The van der Waals surface area contributed by atoms with E-state index in [1.165, 1.54) is 23.0 Å². The number of benzene rings is 5. The highest BCUT2D eigenvalue weighted by molar-refractivity contribution is 7.98. The maximum Gasteiger partial charge on any atom is 0.407 e. The van der Waals surface area contributed by atoms with Crippen molar-refractivity contribution >= 4 is 37.7 Å². The largest absolute Gasteiger partial charge is 0.495 e. The van der Waals surface area contributed by atoms with Gasteiger partial charge in [-0.1, -0.05) is 121 Å². The van der Waals surface area contributed by atoms with Gasteiger partial charge in [-0.3, -0.25) is 0 Å². The number of methoxy groups -OCH3 is 1. The molecule has 6 rings (SSSR count). The molecule has 10 nitrogen and oxygen atoms in total. The molecule has 59 heavy (non-hydrogen) atoms. The number of alkyl carbamates (subject to hydrolysis) is 1. The molecule has 0 fully saturated rings. The second-order valence-corrected chi connectivity index (χ2v) is 20.3. The number of ether oxygens (including phenoxy) is 2. The van der Waals surface area contributed by atoms with Crippen LogP contribution in [0.15, 0.2) is 138 Å². The average Bonchev–Trinajstić information content (AvgIpc) is 3.20. The van der Waals surface area contributed by atoms with Crippen molar-refractivity contribution in [2.24, 2.45) is 0 Å². The van der Waals surface area contributed by atoms with E-state index >= 15 is 0 Å². The summed E-state index contributed by atoms with van der Waals surface area (Å²) in [4.78, 5) is 12.2. The fraction of sp³-hybridized carbons (Fsp3) is 0.326. The zero-order valence-corrected chi connectivity index (χ0v) is 36.4. The van der Waals surface area contributed by atoms with E-state index in [-0.39, 0.29) is 53.9 Å². The van der Waals surface area contributed by atoms with E-state index in [1.807, 2.05) is 93.6 Å². The van der Waals surface area contributed by atoms with Gasteiger partial charge >= 0.3 is 6.09 Å². The monoisotopic (exact) mass is 858 g/mol. The van der Waals surface area contributed by atoms with Crippen LogP contribution in [0.25, 0.3) is 0 Å². The van der Waals surface area contributed by atoms with Crippen LogP contribution in [0.1, 0.15) is 54.2 Å². The van der Waals surface area contributed by atoms with Gasteiger partial charge in [0.1, 0.15) is 16.2 Å². The summed E-state index contributed by atoms with van der Waals surface area (Å²) in [6, 6.07) is 40.1. The Labute approximate surface area is 354 Å². The Morgan fingerprint density at radius 1 is 0.831 bits per heavy atom. The predicted octanol–water partition coefficient (Wildman–Crippen LogP) is 7.97. The first kappa shape index (κ1) is 45.4. The minimum absolute atomic E-state index is 0.0241. The average molecular weight is 859 g/mol. The molecule has 0 aliphatic carbocycles. The molecule has 0 saturated carbocycles. The van der Waals surface area contributed by atoms with Crippen LogP contribution in [0.3, 0.4) is 0 Å². The lowest BCUT2D eigenvalue weighted by atomic mass is 10.1. The van der Waals surface area contributed by atoms with Gasteiger partial charge < -0.3 is 19.9 Å². The molecule has 1 aliphatic rings. The molecule has 2 unspecified atom stereocenters. The van der Waals surface area contributed by atoms with Gasteiger partial charge in [0.25, 0.3) is 0 Å².